The average molecular weight is 406 g/mol. The van der Waals surface area contributed by atoms with Crippen molar-refractivity contribution < 1.29 is 4.52 Å². The SMILES string of the molecule is c1cc(-c2ccc(Nc3nc(N4CCCCC4)nc(N4CCCCC4)n3)cc2)on1. The second-order valence-corrected chi connectivity index (χ2v) is 7.93. The normalized spacial score (nSPS) is 17.2. The van der Waals surface area contributed by atoms with E-state index in [-0.39, 0.29) is 0 Å². The minimum Gasteiger partial charge on any atom is -0.356 e. The fourth-order valence-corrected chi connectivity index (χ4v) is 4.09. The molecule has 2 aliphatic heterocycles. The largest absolute Gasteiger partial charge is 0.356 e. The standard InChI is InChI=1S/C22H27N7O/c1-3-13-28(14-4-1)21-25-20(26-22(27-21)29-15-5-2-6-16-29)24-18-9-7-17(8-10-18)19-11-12-23-30-19/h7-12H,1-6,13-16H2,(H,24,25,26,27). The van der Waals surface area contributed by atoms with Gasteiger partial charge in [-0.1, -0.05) is 5.16 Å². The molecule has 5 rings (SSSR count). The molecule has 8 nitrogen and oxygen atoms in total. The number of benzene rings is 1. The third-order valence-corrected chi connectivity index (χ3v) is 5.75. The van der Waals surface area contributed by atoms with Crippen molar-refractivity contribution in [3.8, 4) is 11.3 Å². The van der Waals surface area contributed by atoms with Crippen LogP contribution in [0.2, 0.25) is 0 Å². The number of hydrogen-bond donors (Lipinski definition) is 1. The molecule has 0 amide bonds. The van der Waals surface area contributed by atoms with Crippen LogP contribution in [0, 0.1) is 0 Å². The summed E-state index contributed by atoms with van der Waals surface area (Å²) in [5.41, 5.74) is 1.91. The number of anilines is 4. The summed E-state index contributed by atoms with van der Waals surface area (Å²) < 4.78 is 5.23. The summed E-state index contributed by atoms with van der Waals surface area (Å²) in [5.74, 6) is 2.91. The van der Waals surface area contributed by atoms with E-state index in [1.807, 2.05) is 30.3 Å². The van der Waals surface area contributed by atoms with Crippen molar-refractivity contribution in [2.24, 2.45) is 0 Å². The highest BCUT2D eigenvalue weighted by molar-refractivity contribution is 5.63. The zero-order chi connectivity index (χ0) is 20.2. The second-order valence-electron chi connectivity index (χ2n) is 7.93. The van der Waals surface area contributed by atoms with Gasteiger partial charge in [0.1, 0.15) is 0 Å². The molecule has 8 heteroatoms. The number of hydrogen-bond acceptors (Lipinski definition) is 8. The molecule has 2 saturated heterocycles. The van der Waals surface area contributed by atoms with Gasteiger partial charge in [0, 0.05) is 43.5 Å². The number of aromatic nitrogens is 4. The first-order valence-corrected chi connectivity index (χ1v) is 10.9. The molecule has 0 unspecified atom stereocenters. The highest BCUT2D eigenvalue weighted by Crippen LogP contribution is 2.25. The van der Waals surface area contributed by atoms with Gasteiger partial charge in [0.15, 0.2) is 5.76 Å². The lowest BCUT2D eigenvalue weighted by atomic mass is 10.1. The average Bonchev–Trinajstić information content (AvgIpc) is 3.36. The summed E-state index contributed by atoms with van der Waals surface area (Å²) in [6.45, 7) is 4.03. The molecule has 0 saturated carbocycles. The van der Waals surface area contributed by atoms with Crippen LogP contribution in [0.1, 0.15) is 38.5 Å². The predicted molar refractivity (Wildman–Crippen MR) is 117 cm³/mol. The number of nitrogens with zero attached hydrogens (tertiary/aromatic N) is 6. The van der Waals surface area contributed by atoms with Crippen LogP contribution in [0.15, 0.2) is 41.1 Å². The van der Waals surface area contributed by atoms with Gasteiger partial charge in [0.2, 0.25) is 17.8 Å². The predicted octanol–water partition coefficient (Wildman–Crippen LogP) is 4.25. The van der Waals surface area contributed by atoms with Crippen LogP contribution in [0.25, 0.3) is 11.3 Å². The zero-order valence-electron chi connectivity index (χ0n) is 17.1. The third-order valence-electron chi connectivity index (χ3n) is 5.75. The molecule has 0 aliphatic carbocycles. The van der Waals surface area contributed by atoms with E-state index in [0.29, 0.717) is 5.95 Å². The van der Waals surface area contributed by atoms with Crippen LogP contribution in [-0.4, -0.2) is 46.3 Å². The molecule has 0 bridgehead atoms. The summed E-state index contributed by atoms with van der Waals surface area (Å²) in [7, 11) is 0. The minimum absolute atomic E-state index is 0.596. The Morgan fingerprint density at radius 1 is 0.700 bits per heavy atom. The van der Waals surface area contributed by atoms with Gasteiger partial charge in [-0.25, -0.2) is 0 Å². The molecule has 156 valence electrons. The molecule has 0 radical (unpaired) electrons. The summed E-state index contributed by atoms with van der Waals surface area (Å²) in [5, 5.41) is 7.14. The van der Waals surface area contributed by atoms with Crippen LogP contribution in [-0.2, 0) is 0 Å². The topological polar surface area (TPSA) is 83.2 Å². The van der Waals surface area contributed by atoms with E-state index in [4.69, 9.17) is 19.5 Å². The van der Waals surface area contributed by atoms with Crippen molar-refractivity contribution in [1.29, 1.82) is 0 Å². The first kappa shape index (κ1) is 18.8. The molecule has 1 N–H and O–H groups in total. The zero-order valence-corrected chi connectivity index (χ0v) is 17.1. The van der Waals surface area contributed by atoms with Crippen LogP contribution in [0.3, 0.4) is 0 Å². The number of piperidine rings is 2. The molecule has 3 aromatic rings. The number of nitrogens with one attached hydrogen (secondary N) is 1. The van der Waals surface area contributed by atoms with E-state index >= 15 is 0 Å². The van der Waals surface area contributed by atoms with E-state index in [9.17, 15) is 0 Å². The summed E-state index contributed by atoms with van der Waals surface area (Å²) in [6.07, 6.45) is 8.98. The van der Waals surface area contributed by atoms with E-state index in [2.05, 4.69) is 20.3 Å². The highest BCUT2D eigenvalue weighted by atomic mass is 16.5. The third kappa shape index (κ3) is 4.22. The summed E-state index contributed by atoms with van der Waals surface area (Å²) in [4.78, 5) is 18.9. The molecule has 4 heterocycles. The van der Waals surface area contributed by atoms with E-state index in [1.165, 1.54) is 38.5 Å². The van der Waals surface area contributed by atoms with Crippen molar-refractivity contribution in [2.75, 3.05) is 41.3 Å². The molecule has 30 heavy (non-hydrogen) atoms. The molecular weight excluding hydrogens is 378 g/mol. The van der Waals surface area contributed by atoms with Gasteiger partial charge in [-0.15, -0.1) is 0 Å². The van der Waals surface area contributed by atoms with Crippen molar-refractivity contribution in [3.05, 3.63) is 36.5 Å². The van der Waals surface area contributed by atoms with Gasteiger partial charge in [0.25, 0.3) is 0 Å². The maximum atomic E-state index is 5.23. The summed E-state index contributed by atoms with van der Waals surface area (Å²) >= 11 is 0. The molecular formula is C22H27N7O. The first-order valence-electron chi connectivity index (χ1n) is 10.9. The fraction of sp³-hybridized carbons (Fsp3) is 0.455. The van der Waals surface area contributed by atoms with Gasteiger partial charge in [0.05, 0.1) is 6.20 Å². The molecule has 0 spiro atoms. The Labute approximate surface area is 176 Å². The van der Waals surface area contributed by atoms with Gasteiger partial charge < -0.3 is 19.6 Å². The van der Waals surface area contributed by atoms with Crippen molar-refractivity contribution in [3.63, 3.8) is 0 Å². The van der Waals surface area contributed by atoms with E-state index < -0.39 is 0 Å². The Balaban J connectivity index is 1.41. The quantitative estimate of drug-likeness (QED) is 0.674. The maximum absolute atomic E-state index is 5.23. The summed E-state index contributed by atoms with van der Waals surface area (Å²) in [6, 6.07) is 9.86. The van der Waals surface area contributed by atoms with Gasteiger partial charge >= 0.3 is 0 Å². The Morgan fingerprint density at radius 2 is 1.30 bits per heavy atom. The molecule has 2 aromatic heterocycles. The van der Waals surface area contributed by atoms with Crippen LogP contribution >= 0.6 is 0 Å². The van der Waals surface area contributed by atoms with Crippen molar-refractivity contribution in [2.45, 2.75) is 38.5 Å². The molecule has 2 fully saturated rings. The Hall–Kier alpha value is -3.16. The van der Waals surface area contributed by atoms with Crippen LogP contribution in [0.5, 0.6) is 0 Å². The van der Waals surface area contributed by atoms with Crippen LogP contribution in [0.4, 0.5) is 23.5 Å². The van der Waals surface area contributed by atoms with Gasteiger partial charge in [-0.3, -0.25) is 0 Å². The first-order chi connectivity index (χ1) is 14.8. The van der Waals surface area contributed by atoms with E-state index in [1.54, 1.807) is 6.20 Å². The van der Waals surface area contributed by atoms with Crippen molar-refractivity contribution in [1.82, 2.24) is 20.1 Å². The lowest BCUT2D eigenvalue weighted by Crippen LogP contribution is -2.34. The minimum atomic E-state index is 0.596. The van der Waals surface area contributed by atoms with Gasteiger partial charge in [-0.05, 0) is 62.8 Å². The molecule has 0 atom stereocenters. The smallest absolute Gasteiger partial charge is 0.233 e. The Kier molecular flexibility index (Phi) is 5.46. The number of rotatable bonds is 5. The maximum Gasteiger partial charge on any atom is 0.233 e. The van der Waals surface area contributed by atoms with Gasteiger partial charge in [-0.2, -0.15) is 15.0 Å². The fourth-order valence-electron chi connectivity index (χ4n) is 4.09. The lowest BCUT2D eigenvalue weighted by molar-refractivity contribution is 0.432. The lowest BCUT2D eigenvalue weighted by Gasteiger charge is -2.30. The highest BCUT2D eigenvalue weighted by Gasteiger charge is 2.20. The Morgan fingerprint density at radius 3 is 1.83 bits per heavy atom. The molecule has 1 aromatic carbocycles. The van der Waals surface area contributed by atoms with Crippen molar-refractivity contribution >= 4 is 23.5 Å². The van der Waals surface area contributed by atoms with E-state index in [0.717, 1.165) is 55.1 Å². The second kappa shape index (κ2) is 8.69. The monoisotopic (exact) mass is 405 g/mol. The molecule has 2 aliphatic rings. The van der Waals surface area contributed by atoms with Crippen LogP contribution < -0.4 is 15.1 Å². The Bertz CT molecular complexity index is 910.